The molecular weight excluding hydrogens is 380 g/mol. The van der Waals surface area contributed by atoms with Crippen LogP contribution >= 0.6 is 0 Å². The van der Waals surface area contributed by atoms with Crippen LogP contribution in [0.2, 0.25) is 0 Å². The molecule has 1 aliphatic carbocycles. The number of hydrogen-bond donors (Lipinski definition) is 0. The van der Waals surface area contributed by atoms with E-state index in [2.05, 4.69) is 11.8 Å². The number of methoxy groups -OCH3 is 1. The number of benzene rings is 1. The molecule has 2 aromatic rings. The standard InChI is InChI=1S/C25H26O5/c1-25(2,3)30-23(26)12-7-5-6-9-17-13-14-20-21(15-17)29-22-16-18(28-4)10-8-11-19(22)24(20)27/h10-11,13-16H,5,7-8,12H2,1-4H3. The first-order valence-corrected chi connectivity index (χ1v) is 10.0. The van der Waals surface area contributed by atoms with Gasteiger partial charge in [-0.15, -0.1) is 0 Å². The van der Waals surface area contributed by atoms with E-state index in [4.69, 9.17) is 13.9 Å². The lowest BCUT2D eigenvalue weighted by molar-refractivity contribution is -0.154. The summed E-state index contributed by atoms with van der Waals surface area (Å²) in [5, 5.41) is 1.07. The van der Waals surface area contributed by atoms with Crippen LogP contribution in [0.3, 0.4) is 0 Å². The summed E-state index contributed by atoms with van der Waals surface area (Å²) in [7, 11) is 1.59. The molecule has 1 aromatic heterocycles. The van der Waals surface area contributed by atoms with Gasteiger partial charge in [-0.05, 0) is 57.9 Å². The van der Waals surface area contributed by atoms with Crippen molar-refractivity contribution in [3.05, 3.63) is 56.5 Å². The summed E-state index contributed by atoms with van der Waals surface area (Å²) < 4.78 is 16.6. The Kier molecular flexibility index (Phi) is 6.47. The topological polar surface area (TPSA) is 65.7 Å². The lowest BCUT2D eigenvalue weighted by Gasteiger charge is -2.19. The zero-order chi connectivity index (χ0) is 21.7. The van der Waals surface area contributed by atoms with Crippen molar-refractivity contribution < 1.29 is 18.7 Å². The molecule has 30 heavy (non-hydrogen) atoms. The molecule has 156 valence electrons. The van der Waals surface area contributed by atoms with Gasteiger partial charge in [0.25, 0.3) is 0 Å². The van der Waals surface area contributed by atoms with E-state index in [1.54, 1.807) is 25.3 Å². The maximum atomic E-state index is 12.8. The number of allylic oxidation sites excluding steroid dienone is 2. The van der Waals surface area contributed by atoms with Crippen LogP contribution in [0.4, 0.5) is 0 Å². The lowest BCUT2D eigenvalue weighted by Crippen LogP contribution is -2.38. The predicted molar refractivity (Wildman–Crippen MR) is 117 cm³/mol. The fourth-order valence-corrected chi connectivity index (χ4v) is 3.10. The van der Waals surface area contributed by atoms with Crippen molar-refractivity contribution in [1.82, 2.24) is 0 Å². The Labute approximate surface area is 175 Å². The van der Waals surface area contributed by atoms with Crippen molar-refractivity contribution in [3.63, 3.8) is 0 Å². The Morgan fingerprint density at radius 2 is 2.03 bits per heavy atom. The molecule has 3 rings (SSSR count). The first-order chi connectivity index (χ1) is 14.3. The molecular formula is C25H26O5. The molecule has 0 N–H and O–H groups in total. The van der Waals surface area contributed by atoms with Gasteiger partial charge in [-0.2, -0.15) is 0 Å². The summed E-state index contributed by atoms with van der Waals surface area (Å²) in [6, 6.07) is 5.33. The number of carbonyl (C=O) groups excluding carboxylic acids is 1. The molecule has 0 atom stereocenters. The van der Waals surface area contributed by atoms with E-state index in [1.807, 2.05) is 39.0 Å². The fraction of sp³-hybridized carbons (Fsp3) is 0.360. The Bertz CT molecular complexity index is 1230. The van der Waals surface area contributed by atoms with Gasteiger partial charge in [0.05, 0.1) is 17.7 Å². The Morgan fingerprint density at radius 3 is 2.77 bits per heavy atom. The van der Waals surface area contributed by atoms with Gasteiger partial charge in [-0.3, -0.25) is 9.59 Å². The highest BCUT2D eigenvalue weighted by Crippen LogP contribution is 2.12. The van der Waals surface area contributed by atoms with Gasteiger partial charge in [0.1, 0.15) is 22.4 Å². The molecule has 0 radical (unpaired) electrons. The van der Waals surface area contributed by atoms with Gasteiger partial charge >= 0.3 is 5.97 Å². The minimum absolute atomic E-state index is 0.0647. The molecule has 1 aliphatic rings. The Morgan fingerprint density at radius 1 is 1.23 bits per heavy atom. The highest BCUT2D eigenvalue weighted by atomic mass is 16.6. The molecule has 5 heteroatoms. The number of fused-ring (bicyclic) bond motifs is 2. The zero-order valence-electron chi connectivity index (χ0n) is 17.8. The average Bonchev–Trinajstić information content (AvgIpc) is 2.88. The molecule has 1 heterocycles. The Hall–Kier alpha value is -3.26. The first kappa shape index (κ1) is 21.4. The van der Waals surface area contributed by atoms with Crippen molar-refractivity contribution in [3.8, 4) is 11.8 Å². The van der Waals surface area contributed by atoms with Crippen molar-refractivity contribution in [2.45, 2.75) is 52.1 Å². The van der Waals surface area contributed by atoms with Crippen LogP contribution in [0.15, 0.2) is 39.2 Å². The number of ether oxygens (including phenoxy) is 2. The molecule has 0 fully saturated rings. The number of unbranched alkanes of at least 4 members (excludes halogenated alkanes) is 1. The van der Waals surface area contributed by atoms with Gasteiger partial charge in [-0.1, -0.05) is 17.9 Å². The molecule has 0 spiro atoms. The number of rotatable bonds is 4. The minimum atomic E-state index is -0.467. The van der Waals surface area contributed by atoms with Gasteiger partial charge in [0.15, 0.2) is 5.43 Å². The van der Waals surface area contributed by atoms with Crippen molar-refractivity contribution in [2.75, 3.05) is 7.11 Å². The van der Waals surface area contributed by atoms with E-state index in [0.29, 0.717) is 53.0 Å². The SMILES string of the molecule is COC1=CCC=c2c(oc3cc(C#CCCCC(=O)OC(C)(C)C)ccc3c2=O)=C1. The lowest BCUT2D eigenvalue weighted by atomic mass is 10.1. The normalized spacial score (nSPS) is 13.0. The largest absolute Gasteiger partial charge is 0.497 e. The zero-order valence-corrected chi connectivity index (χ0v) is 17.8. The second kappa shape index (κ2) is 9.04. The van der Waals surface area contributed by atoms with Gasteiger partial charge in [0, 0.05) is 24.5 Å². The Balaban J connectivity index is 1.78. The van der Waals surface area contributed by atoms with Crippen molar-refractivity contribution >= 4 is 29.1 Å². The summed E-state index contributed by atoms with van der Waals surface area (Å²) >= 11 is 0. The summed E-state index contributed by atoms with van der Waals surface area (Å²) in [6.07, 6.45) is 7.64. The molecule has 0 aliphatic heterocycles. The summed E-state index contributed by atoms with van der Waals surface area (Å²) in [4.78, 5) is 24.6. The molecule has 0 amide bonds. The molecule has 0 saturated heterocycles. The number of esters is 1. The number of carbonyl (C=O) groups is 1. The molecule has 5 nitrogen and oxygen atoms in total. The van der Waals surface area contributed by atoms with Gasteiger partial charge < -0.3 is 13.9 Å². The minimum Gasteiger partial charge on any atom is -0.497 e. The molecule has 0 bridgehead atoms. The third kappa shape index (κ3) is 5.42. The second-order valence-electron chi connectivity index (χ2n) is 8.06. The van der Waals surface area contributed by atoms with Crippen LogP contribution in [-0.4, -0.2) is 18.7 Å². The fourth-order valence-electron chi connectivity index (χ4n) is 3.10. The maximum Gasteiger partial charge on any atom is 0.306 e. The third-order valence-corrected chi connectivity index (χ3v) is 4.44. The van der Waals surface area contributed by atoms with Crippen LogP contribution in [-0.2, 0) is 14.3 Å². The summed E-state index contributed by atoms with van der Waals surface area (Å²) in [5.74, 6) is 6.59. The van der Waals surface area contributed by atoms with Crippen LogP contribution in [0.5, 0.6) is 0 Å². The monoisotopic (exact) mass is 406 g/mol. The van der Waals surface area contributed by atoms with Crippen molar-refractivity contribution in [2.24, 2.45) is 0 Å². The highest BCUT2D eigenvalue weighted by Gasteiger charge is 2.15. The number of hydrogen-bond acceptors (Lipinski definition) is 5. The molecule has 0 saturated carbocycles. The van der Waals surface area contributed by atoms with Gasteiger partial charge in [0.2, 0.25) is 0 Å². The summed E-state index contributed by atoms with van der Waals surface area (Å²) in [6.45, 7) is 5.55. The van der Waals surface area contributed by atoms with E-state index in [0.717, 1.165) is 5.56 Å². The molecule has 0 unspecified atom stereocenters. The van der Waals surface area contributed by atoms with Crippen LogP contribution < -0.4 is 16.1 Å². The van der Waals surface area contributed by atoms with Crippen LogP contribution in [0.25, 0.3) is 23.1 Å². The molecule has 1 aromatic carbocycles. The smallest absolute Gasteiger partial charge is 0.306 e. The highest BCUT2D eigenvalue weighted by molar-refractivity contribution is 5.78. The first-order valence-electron chi connectivity index (χ1n) is 10.0. The van der Waals surface area contributed by atoms with Crippen LogP contribution in [0, 0.1) is 11.8 Å². The van der Waals surface area contributed by atoms with E-state index in [9.17, 15) is 9.59 Å². The van der Waals surface area contributed by atoms with E-state index in [-0.39, 0.29) is 11.4 Å². The van der Waals surface area contributed by atoms with E-state index >= 15 is 0 Å². The second-order valence-corrected chi connectivity index (χ2v) is 8.06. The van der Waals surface area contributed by atoms with Crippen molar-refractivity contribution in [1.29, 1.82) is 0 Å². The quantitative estimate of drug-likeness (QED) is 0.443. The maximum absolute atomic E-state index is 12.8. The summed E-state index contributed by atoms with van der Waals surface area (Å²) in [5.41, 5.74) is 1.19. The predicted octanol–water partition coefficient (Wildman–Crippen LogP) is 3.15. The van der Waals surface area contributed by atoms with Gasteiger partial charge in [-0.25, -0.2) is 0 Å². The average molecular weight is 406 g/mol. The van der Waals surface area contributed by atoms with Crippen LogP contribution in [0.1, 0.15) is 52.0 Å². The van der Waals surface area contributed by atoms with E-state index < -0.39 is 5.60 Å². The van der Waals surface area contributed by atoms with E-state index in [1.165, 1.54) is 0 Å². The third-order valence-electron chi connectivity index (χ3n) is 4.44.